The number of carboxylic acid groups (broad SMARTS) is 1. The molecule has 0 radical (unpaired) electrons. The van der Waals surface area contributed by atoms with Crippen LogP contribution in [0.25, 0.3) is 11.0 Å². The number of rotatable bonds is 9. The molecule has 1 saturated heterocycles. The summed E-state index contributed by atoms with van der Waals surface area (Å²) < 4.78 is 2.35. The molecular weight excluding hydrogens is 519 g/mol. The second-order valence-electron chi connectivity index (χ2n) is 10.1. The zero-order chi connectivity index (χ0) is 26.3. The Morgan fingerprint density at radius 3 is 2.10 bits per heavy atom. The van der Waals surface area contributed by atoms with Gasteiger partial charge in [-0.25, -0.2) is 4.98 Å². The van der Waals surface area contributed by atoms with Crippen LogP contribution in [-0.2, 0) is 24.2 Å². The van der Waals surface area contributed by atoms with E-state index in [2.05, 4.69) is 75.0 Å². The van der Waals surface area contributed by atoms with Gasteiger partial charge in [0.15, 0.2) is 0 Å². The first-order chi connectivity index (χ1) is 18.5. The van der Waals surface area contributed by atoms with E-state index in [0.29, 0.717) is 6.42 Å². The second kappa shape index (κ2) is 14.3. The Morgan fingerprint density at radius 1 is 0.821 bits per heavy atom. The summed E-state index contributed by atoms with van der Waals surface area (Å²) >= 11 is 6.12. The predicted octanol–water partition coefficient (Wildman–Crippen LogP) is 5.25. The van der Waals surface area contributed by atoms with Crippen LogP contribution in [0.3, 0.4) is 0 Å². The van der Waals surface area contributed by atoms with Crippen LogP contribution in [-0.4, -0.2) is 87.8 Å². The molecule has 6 nitrogen and oxygen atoms in total. The van der Waals surface area contributed by atoms with Gasteiger partial charge in [0.1, 0.15) is 0 Å². The third-order valence-corrected chi connectivity index (χ3v) is 7.60. The summed E-state index contributed by atoms with van der Waals surface area (Å²) in [5.74, 6) is 0.307. The summed E-state index contributed by atoms with van der Waals surface area (Å²) in [4.78, 5) is 20.9. The fourth-order valence-electron chi connectivity index (χ4n) is 5.26. The van der Waals surface area contributed by atoms with Gasteiger partial charge in [-0.15, -0.1) is 0 Å². The monoisotopic (exact) mass is 554 g/mol. The van der Waals surface area contributed by atoms with Crippen LogP contribution in [0.1, 0.15) is 36.0 Å². The Balaban J connectivity index is 0.00000353. The fourth-order valence-corrected chi connectivity index (χ4v) is 5.39. The molecule has 200 valence electrons. The molecule has 3 aromatic carbocycles. The van der Waals surface area contributed by atoms with E-state index in [1.54, 1.807) is 0 Å². The number of benzene rings is 3. The number of hydrogen-bond acceptors (Lipinski definition) is 4. The summed E-state index contributed by atoms with van der Waals surface area (Å²) in [6.07, 6.45) is 3.98. The van der Waals surface area contributed by atoms with Crippen molar-refractivity contribution in [2.45, 2.75) is 38.6 Å². The molecule has 0 saturated carbocycles. The first-order valence-corrected chi connectivity index (χ1v) is 13.9. The van der Waals surface area contributed by atoms with Crippen molar-refractivity contribution < 1.29 is 9.90 Å². The van der Waals surface area contributed by atoms with Crippen LogP contribution in [0.15, 0.2) is 72.8 Å². The number of carboxylic acids is 1. The van der Waals surface area contributed by atoms with Crippen molar-refractivity contribution in [3.63, 3.8) is 0 Å². The topological polar surface area (TPSA) is 61.6 Å². The second-order valence-corrected chi connectivity index (χ2v) is 10.5. The number of nitrogens with zero attached hydrogens (tertiary/aromatic N) is 4. The molecule has 2 heterocycles. The Labute approximate surface area is 257 Å². The SMILES string of the molecule is O=C(O)CCc1ccc(CCN2CCCN(c3nc4ccccc4n3Cc3ccc(Cl)cc3)CCC2)cc1.[NaH]. The molecule has 0 spiro atoms. The molecule has 4 aromatic rings. The van der Waals surface area contributed by atoms with Crippen molar-refractivity contribution in [3.8, 4) is 0 Å². The number of fused-ring (bicyclic) bond motifs is 1. The van der Waals surface area contributed by atoms with E-state index in [9.17, 15) is 4.79 Å². The third kappa shape index (κ3) is 8.09. The zero-order valence-electron chi connectivity index (χ0n) is 21.7. The Morgan fingerprint density at radius 2 is 1.44 bits per heavy atom. The minimum atomic E-state index is -0.747. The van der Waals surface area contributed by atoms with Crippen LogP contribution in [0, 0.1) is 0 Å². The molecule has 1 aromatic heterocycles. The third-order valence-electron chi connectivity index (χ3n) is 7.34. The van der Waals surface area contributed by atoms with Gasteiger partial charge in [-0.1, -0.05) is 60.1 Å². The van der Waals surface area contributed by atoms with Crippen molar-refractivity contribution in [2.24, 2.45) is 0 Å². The molecule has 39 heavy (non-hydrogen) atoms. The molecule has 8 heteroatoms. The molecular formula is C31H36ClN4NaO2. The van der Waals surface area contributed by atoms with Gasteiger partial charge in [0.05, 0.1) is 17.6 Å². The zero-order valence-corrected chi connectivity index (χ0v) is 22.5. The van der Waals surface area contributed by atoms with E-state index >= 15 is 0 Å². The maximum absolute atomic E-state index is 10.8. The number of aliphatic carboxylic acids is 1. The number of imidazole rings is 1. The summed E-state index contributed by atoms with van der Waals surface area (Å²) in [5.41, 5.74) is 5.81. The van der Waals surface area contributed by atoms with Gasteiger partial charge in [-0.05, 0) is 79.7 Å². The number of aryl methyl sites for hydroxylation is 1. The molecule has 1 aliphatic heterocycles. The Kier molecular flexibility index (Phi) is 10.9. The van der Waals surface area contributed by atoms with Crippen LogP contribution in [0.5, 0.6) is 0 Å². The first kappa shape index (κ1) is 29.6. The summed E-state index contributed by atoms with van der Waals surface area (Å²) in [6, 6.07) is 24.9. The van der Waals surface area contributed by atoms with Gasteiger partial charge in [0, 0.05) is 31.1 Å². The average molecular weight is 555 g/mol. The standard InChI is InChI=1S/C31H35ClN4O2.Na.H/c32-27-14-11-26(12-15-27)23-36-29-6-2-1-5-28(29)33-31(36)35-20-3-18-34(19-4-21-35)22-17-25-9-7-24(8-10-25)13-16-30(37)38;;/h1-2,5-12,14-15H,3-4,13,16-23H2,(H,37,38);;. The summed E-state index contributed by atoms with van der Waals surface area (Å²) in [6.45, 7) is 5.93. The quantitative estimate of drug-likeness (QED) is 0.286. The average Bonchev–Trinajstić information content (AvgIpc) is 3.27. The molecule has 1 N–H and O–H groups in total. The van der Waals surface area contributed by atoms with Crippen molar-refractivity contribution >= 4 is 64.1 Å². The molecule has 0 amide bonds. The van der Waals surface area contributed by atoms with E-state index < -0.39 is 5.97 Å². The number of aromatic nitrogens is 2. The minimum absolute atomic E-state index is 0. The van der Waals surface area contributed by atoms with E-state index in [4.69, 9.17) is 21.7 Å². The van der Waals surface area contributed by atoms with E-state index in [0.717, 1.165) is 86.1 Å². The van der Waals surface area contributed by atoms with Gasteiger partial charge < -0.3 is 19.5 Å². The van der Waals surface area contributed by atoms with Crippen LogP contribution >= 0.6 is 11.6 Å². The molecule has 0 unspecified atom stereocenters. The summed E-state index contributed by atoms with van der Waals surface area (Å²) in [5, 5.41) is 9.63. The first-order valence-electron chi connectivity index (χ1n) is 13.5. The number of halogens is 1. The number of anilines is 1. The Bertz CT molecular complexity index is 1350. The van der Waals surface area contributed by atoms with Crippen molar-refractivity contribution in [2.75, 3.05) is 37.6 Å². The molecule has 1 fully saturated rings. The van der Waals surface area contributed by atoms with Crippen molar-refractivity contribution in [1.29, 1.82) is 0 Å². The van der Waals surface area contributed by atoms with Gasteiger partial charge in [0.2, 0.25) is 5.95 Å². The summed E-state index contributed by atoms with van der Waals surface area (Å²) in [7, 11) is 0. The van der Waals surface area contributed by atoms with E-state index in [1.165, 1.54) is 11.1 Å². The predicted molar refractivity (Wildman–Crippen MR) is 161 cm³/mol. The maximum atomic E-state index is 10.8. The number of hydrogen-bond donors (Lipinski definition) is 1. The Hall–Kier alpha value is -2.35. The van der Waals surface area contributed by atoms with Crippen molar-refractivity contribution in [3.05, 3.63) is 94.5 Å². The number of carbonyl (C=O) groups is 1. The van der Waals surface area contributed by atoms with Crippen LogP contribution < -0.4 is 4.90 Å². The van der Waals surface area contributed by atoms with Gasteiger partial charge >= 0.3 is 35.5 Å². The molecule has 0 aliphatic carbocycles. The van der Waals surface area contributed by atoms with Gasteiger partial charge in [0.25, 0.3) is 0 Å². The molecule has 0 bridgehead atoms. The van der Waals surface area contributed by atoms with E-state index in [1.807, 2.05) is 12.1 Å². The molecule has 0 atom stereocenters. The van der Waals surface area contributed by atoms with Crippen LogP contribution in [0.2, 0.25) is 5.02 Å². The van der Waals surface area contributed by atoms with Gasteiger partial charge in [-0.2, -0.15) is 0 Å². The van der Waals surface area contributed by atoms with E-state index in [-0.39, 0.29) is 36.0 Å². The molecule has 5 rings (SSSR count). The van der Waals surface area contributed by atoms with Gasteiger partial charge in [-0.3, -0.25) is 4.79 Å². The number of para-hydroxylation sites is 2. The normalized spacial score (nSPS) is 14.5. The fraction of sp³-hybridized carbons (Fsp3) is 0.355. The van der Waals surface area contributed by atoms with Crippen LogP contribution in [0.4, 0.5) is 5.95 Å². The van der Waals surface area contributed by atoms with Crippen molar-refractivity contribution in [1.82, 2.24) is 14.5 Å². The molecule has 1 aliphatic rings.